The fraction of sp³-hybridized carbons (Fsp3) is 0.857. The van der Waals surface area contributed by atoms with Crippen molar-refractivity contribution in [3.8, 4) is 0 Å². The second-order valence-electron chi connectivity index (χ2n) is 5.29. The molecule has 1 rings (SSSR count). The molecule has 1 aliphatic heterocycles. The number of carbonyl (C=O) groups is 2. The lowest BCUT2D eigenvalue weighted by Crippen LogP contribution is -2.51. The average molecular weight is 307 g/mol. The van der Waals surface area contributed by atoms with Crippen molar-refractivity contribution in [1.29, 1.82) is 0 Å². The highest BCUT2D eigenvalue weighted by molar-refractivity contribution is 5.85. The molecular formula is C14H27ClN2O3. The maximum atomic E-state index is 12.3. The molecule has 0 aromatic carbocycles. The van der Waals surface area contributed by atoms with Crippen LogP contribution in [0.2, 0.25) is 0 Å². The van der Waals surface area contributed by atoms with E-state index in [4.69, 9.17) is 10.5 Å². The zero-order valence-corrected chi connectivity index (χ0v) is 13.4. The Balaban J connectivity index is 0.00000361. The molecule has 118 valence electrons. The van der Waals surface area contributed by atoms with Crippen molar-refractivity contribution in [2.75, 3.05) is 19.7 Å². The van der Waals surface area contributed by atoms with Crippen molar-refractivity contribution >= 4 is 24.3 Å². The summed E-state index contributed by atoms with van der Waals surface area (Å²) >= 11 is 0. The van der Waals surface area contributed by atoms with E-state index in [2.05, 4.69) is 0 Å². The maximum Gasteiger partial charge on any atom is 0.310 e. The third-order valence-corrected chi connectivity index (χ3v) is 3.90. The first-order valence-corrected chi connectivity index (χ1v) is 7.22. The molecule has 1 heterocycles. The summed E-state index contributed by atoms with van der Waals surface area (Å²) in [6.45, 7) is 7.32. The zero-order chi connectivity index (χ0) is 14.4. The molecular weight excluding hydrogens is 280 g/mol. The molecule has 3 atom stereocenters. The van der Waals surface area contributed by atoms with Crippen molar-refractivity contribution in [3.05, 3.63) is 0 Å². The quantitative estimate of drug-likeness (QED) is 0.783. The first kappa shape index (κ1) is 19.2. The fourth-order valence-corrected chi connectivity index (χ4v) is 2.34. The van der Waals surface area contributed by atoms with Gasteiger partial charge in [0.2, 0.25) is 5.91 Å². The molecule has 6 heteroatoms. The summed E-state index contributed by atoms with van der Waals surface area (Å²) < 4.78 is 5.03. The van der Waals surface area contributed by atoms with E-state index in [0.717, 1.165) is 19.3 Å². The Morgan fingerprint density at radius 1 is 1.40 bits per heavy atom. The van der Waals surface area contributed by atoms with Gasteiger partial charge >= 0.3 is 5.97 Å². The number of hydrogen-bond donors (Lipinski definition) is 1. The molecule has 1 aliphatic rings. The van der Waals surface area contributed by atoms with Crippen molar-refractivity contribution < 1.29 is 14.3 Å². The van der Waals surface area contributed by atoms with E-state index in [1.165, 1.54) is 0 Å². The summed E-state index contributed by atoms with van der Waals surface area (Å²) in [4.78, 5) is 25.7. The second kappa shape index (κ2) is 9.19. The second-order valence-corrected chi connectivity index (χ2v) is 5.29. The third-order valence-electron chi connectivity index (χ3n) is 3.90. The SMILES string of the molecule is CCOC(=O)C1CCCN(C(=O)C(N)C(C)CC)C1.Cl. The number of hydrogen-bond acceptors (Lipinski definition) is 4. The van der Waals surface area contributed by atoms with E-state index in [-0.39, 0.29) is 36.1 Å². The van der Waals surface area contributed by atoms with Gasteiger partial charge in [0.1, 0.15) is 0 Å². The van der Waals surface area contributed by atoms with Crippen LogP contribution in [0.3, 0.4) is 0 Å². The number of nitrogens with zero attached hydrogens (tertiary/aromatic N) is 1. The first-order chi connectivity index (χ1) is 9.01. The van der Waals surface area contributed by atoms with Crippen LogP contribution in [-0.4, -0.2) is 42.5 Å². The Bertz CT molecular complexity index is 326. The van der Waals surface area contributed by atoms with Crippen molar-refractivity contribution in [2.45, 2.75) is 46.1 Å². The number of esters is 1. The standard InChI is InChI=1S/C14H26N2O3.ClH/c1-4-10(3)12(15)13(17)16-8-6-7-11(9-16)14(18)19-5-2;/h10-12H,4-9,15H2,1-3H3;1H. The van der Waals surface area contributed by atoms with E-state index in [9.17, 15) is 9.59 Å². The van der Waals surface area contributed by atoms with Gasteiger partial charge in [0.05, 0.1) is 18.6 Å². The van der Waals surface area contributed by atoms with Crippen LogP contribution in [0.15, 0.2) is 0 Å². The van der Waals surface area contributed by atoms with E-state index >= 15 is 0 Å². The van der Waals surface area contributed by atoms with E-state index in [1.807, 2.05) is 13.8 Å². The summed E-state index contributed by atoms with van der Waals surface area (Å²) in [5, 5.41) is 0. The highest BCUT2D eigenvalue weighted by Crippen LogP contribution is 2.20. The summed E-state index contributed by atoms with van der Waals surface area (Å²) in [7, 11) is 0. The molecule has 0 bridgehead atoms. The molecule has 0 spiro atoms. The van der Waals surface area contributed by atoms with Gasteiger partial charge in [-0.15, -0.1) is 12.4 Å². The Hall–Kier alpha value is -0.810. The number of ether oxygens (including phenoxy) is 1. The average Bonchev–Trinajstić information content (AvgIpc) is 2.45. The molecule has 0 aromatic heterocycles. The van der Waals surface area contributed by atoms with Crippen LogP contribution in [-0.2, 0) is 14.3 Å². The van der Waals surface area contributed by atoms with Crippen LogP contribution in [0.25, 0.3) is 0 Å². The van der Waals surface area contributed by atoms with Gasteiger partial charge in [0.25, 0.3) is 0 Å². The lowest BCUT2D eigenvalue weighted by atomic mass is 9.94. The number of carbonyl (C=O) groups excluding carboxylic acids is 2. The van der Waals surface area contributed by atoms with Crippen LogP contribution in [0.4, 0.5) is 0 Å². The molecule has 0 aliphatic carbocycles. The normalized spacial score (nSPS) is 21.6. The highest BCUT2D eigenvalue weighted by atomic mass is 35.5. The molecule has 1 amide bonds. The number of amides is 1. The van der Waals surface area contributed by atoms with Gasteiger partial charge < -0.3 is 15.4 Å². The summed E-state index contributed by atoms with van der Waals surface area (Å²) in [6.07, 6.45) is 2.51. The molecule has 0 saturated carbocycles. The van der Waals surface area contributed by atoms with E-state index in [1.54, 1.807) is 11.8 Å². The zero-order valence-electron chi connectivity index (χ0n) is 12.6. The third kappa shape index (κ3) is 4.94. The van der Waals surface area contributed by atoms with Crippen LogP contribution in [0.1, 0.15) is 40.0 Å². The predicted octanol–water partition coefficient (Wildman–Crippen LogP) is 1.58. The minimum Gasteiger partial charge on any atom is -0.466 e. The molecule has 3 unspecified atom stereocenters. The molecule has 2 N–H and O–H groups in total. The highest BCUT2D eigenvalue weighted by Gasteiger charge is 2.32. The van der Waals surface area contributed by atoms with Crippen LogP contribution in [0.5, 0.6) is 0 Å². The Kier molecular flexibility index (Phi) is 8.81. The maximum absolute atomic E-state index is 12.3. The number of nitrogens with two attached hydrogens (primary N) is 1. The van der Waals surface area contributed by atoms with Crippen molar-refractivity contribution in [2.24, 2.45) is 17.6 Å². The monoisotopic (exact) mass is 306 g/mol. The Labute approximate surface area is 127 Å². The Morgan fingerprint density at radius 3 is 2.60 bits per heavy atom. The molecule has 0 aromatic rings. The van der Waals surface area contributed by atoms with E-state index in [0.29, 0.717) is 19.7 Å². The van der Waals surface area contributed by atoms with Gasteiger partial charge in [-0.1, -0.05) is 20.3 Å². The molecule has 1 saturated heterocycles. The van der Waals surface area contributed by atoms with Gasteiger partial charge in [0, 0.05) is 13.1 Å². The minimum absolute atomic E-state index is 0. The summed E-state index contributed by atoms with van der Waals surface area (Å²) in [6, 6.07) is -0.467. The predicted molar refractivity (Wildman–Crippen MR) is 80.6 cm³/mol. The van der Waals surface area contributed by atoms with Gasteiger partial charge in [0.15, 0.2) is 0 Å². The number of halogens is 1. The summed E-state index contributed by atoms with van der Waals surface area (Å²) in [5.41, 5.74) is 5.97. The largest absolute Gasteiger partial charge is 0.466 e. The summed E-state index contributed by atoms with van der Waals surface area (Å²) in [5.74, 6) is -0.266. The van der Waals surface area contributed by atoms with Gasteiger partial charge in [-0.05, 0) is 25.7 Å². The minimum atomic E-state index is -0.467. The van der Waals surface area contributed by atoms with Crippen LogP contribution >= 0.6 is 12.4 Å². The lowest BCUT2D eigenvalue weighted by Gasteiger charge is -2.34. The van der Waals surface area contributed by atoms with Crippen molar-refractivity contribution in [1.82, 2.24) is 4.90 Å². The fourth-order valence-electron chi connectivity index (χ4n) is 2.34. The Morgan fingerprint density at radius 2 is 2.05 bits per heavy atom. The number of piperidine rings is 1. The molecule has 20 heavy (non-hydrogen) atoms. The van der Waals surface area contributed by atoms with Crippen molar-refractivity contribution in [3.63, 3.8) is 0 Å². The smallest absolute Gasteiger partial charge is 0.310 e. The van der Waals surface area contributed by atoms with Gasteiger partial charge in [-0.3, -0.25) is 9.59 Å². The molecule has 5 nitrogen and oxygen atoms in total. The van der Waals surface area contributed by atoms with Crippen LogP contribution in [0, 0.1) is 11.8 Å². The number of likely N-dealkylation sites (tertiary alicyclic amines) is 1. The van der Waals surface area contributed by atoms with Crippen LogP contribution < -0.4 is 5.73 Å². The number of rotatable bonds is 5. The van der Waals surface area contributed by atoms with Gasteiger partial charge in [-0.2, -0.15) is 0 Å². The van der Waals surface area contributed by atoms with Gasteiger partial charge in [-0.25, -0.2) is 0 Å². The first-order valence-electron chi connectivity index (χ1n) is 7.22. The molecule has 0 radical (unpaired) electrons. The molecule has 1 fully saturated rings. The van der Waals surface area contributed by atoms with E-state index < -0.39 is 6.04 Å². The lowest BCUT2D eigenvalue weighted by molar-refractivity contribution is -0.151. The topological polar surface area (TPSA) is 72.6 Å².